The van der Waals surface area contributed by atoms with E-state index in [1.54, 1.807) is 24.7 Å². The summed E-state index contributed by atoms with van der Waals surface area (Å²) < 4.78 is 0.528. The van der Waals surface area contributed by atoms with Crippen LogP contribution in [0.2, 0.25) is 9.36 Å². The van der Waals surface area contributed by atoms with Gasteiger partial charge in [-0.3, -0.25) is 10.1 Å². The summed E-state index contributed by atoms with van der Waals surface area (Å²) in [7, 11) is 0. The Hall–Kier alpha value is -3.08. The lowest BCUT2D eigenvalue weighted by Crippen LogP contribution is -2.12. The first kappa shape index (κ1) is 20.2. The molecule has 1 atom stereocenters. The van der Waals surface area contributed by atoms with Crippen LogP contribution in [0.15, 0.2) is 43.0 Å². The summed E-state index contributed by atoms with van der Waals surface area (Å²) in [5.41, 5.74) is 1.11. The molecule has 0 fully saturated rings. The van der Waals surface area contributed by atoms with Crippen LogP contribution in [0, 0.1) is 17.0 Å². The molecule has 0 bridgehead atoms. The molecule has 9 nitrogen and oxygen atoms in total. The summed E-state index contributed by atoms with van der Waals surface area (Å²) in [6.45, 7) is 4.03. The molecule has 0 saturated heterocycles. The zero-order chi connectivity index (χ0) is 21.3. The minimum Gasteiger partial charge on any atom is -0.360 e. The quantitative estimate of drug-likeness (QED) is 0.299. The van der Waals surface area contributed by atoms with Crippen molar-refractivity contribution >= 4 is 46.0 Å². The molecule has 1 unspecified atom stereocenters. The van der Waals surface area contributed by atoms with Gasteiger partial charge in [0, 0.05) is 24.7 Å². The largest absolute Gasteiger partial charge is 0.360 e. The maximum absolute atomic E-state index is 10.8. The van der Waals surface area contributed by atoms with Crippen molar-refractivity contribution in [2.24, 2.45) is 0 Å². The van der Waals surface area contributed by atoms with Gasteiger partial charge in [0.15, 0.2) is 5.82 Å². The number of imidazole rings is 1. The Kier molecular flexibility index (Phi) is 5.62. The number of nitrogens with zero attached hydrogens (tertiary/aromatic N) is 5. The summed E-state index contributed by atoms with van der Waals surface area (Å²) in [5.74, 6) is 1.36. The van der Waals surface area contributed by atoms with Crippen molar-refractivity contribution in [3.05, 3.63) is 75.2 Å². The zero-order valence-corrected chi connectivity index (χ0v) is 17.4. The van der Waals surface area contributed by atoms with Crippen LogP contribution in [0.3, 0.4) is 0 Å². The predicted molar refractivity (Wildman–Crippen MR) is 116 cm³/mol. The molecular formula is C18H12Cl2N7O2S. The molecular weight excluding hydrogens is 449 g/mol. The average molecular weight is 461 g/mol. The molecule has 1 radical (unpaired) electrons. The van der Waals surface area contributed by atoms with E-state index in [0.29, 0.717) is 43.0 Å². The van der Waals surface area contributed by atoms with Gasteiger partial charge < -0.3 is 10.3 Å². The van der Waals surface area contributed by atoms with Gasteiger partial charge in [-0.25, -0.2) is 19.9 Å². The second kappa shape index (κ2) is 8.34. The fourth-order valence-corrected chi connectivity index (χ4v) is 4.20. The minimum absolute atomic E-state index is 0.105. The highest BCUT2D eigenvalue weighted by molar-refractivity contribution is 7.20. The minimum atomic E-state index is -0.586. The van der Waals surface area contributed by atoms with E-state index >= 15 is 0 Å². The second-order valence-corrected chi connectivity index (χ2v) is 8.10. The molecule has 0 aliphatic carbocycles. The third kappa shape index (κ3) is 4.11. The van der Waals surface area contributed by atoms with Crippen LogP contribution in [-0.4, -0.2) is 29.8 Å². The summed E-state index contributed by atoms with van der Waals surface area (Å²) in [6, 6.07) is 3.90. The molecule has 4 heterocycles. The number of hydrogen-bond acceptors (Lipinski definition) is 8. The van der Waals surface area contributed by atoms with Crippen molar-refractivity contribution in [3.8, 4) is 22.0 Å². The van der Waals surface area contributed by atoms with Gasteiger partial charge in [-0.2, -0.15) is 0 Å². The fourth-order valence-electron chi connectivity index (χ4n) is 2.65. The Labute approximate surface area is 184 Å². The Morgan fingerprint density at radius 2 is 2.07 bits per heavy atom. The highest BCUT2D eigenvalue weighted by atomic mass is 35.5. The second-order valence-electron chi connectivity index (χ2n) is 6.01. The van der Waals surface area contributed by atoms with Crippen LogP contribution >= 0.6 is 34.5 Å². The lowest BCUT2D eigenvalue weighted by molar-refractivity contribution is -0.385. The third-order valence-electron chi connectivity index (χ3n) is 4.02. The van der Waals surface area contributed by atoms with Gasteiger partial charge in [0.05, 0.1) is 36.5 Å². The first-order valence-electron chi connectivity index (χ1n) is 8.44. The molecule has 0 saturated carbocycles. The van der Waals surface area contributed by atoms with Gasteiger partial charge in [-0.05, 0) is 19.1 Å². The molecule has 12 heteroatoms. The molecule has 4 aromatic heterocycles. The fraction of sp³-hybridized carbons (Fsp3) is 0.0556. The normalized spacial score (nSPS) is 12.0. The summed E-state index contributed by atoms with van der Waals surface area (Å²) >= 11 is 13.8. The number of aromatic nitrogens is 5. The lowest BCUT2D eigenvalue weighted by atomic mass is 10.1. The molecule has 4 rings (SSSR count). The predicted octanol–water partition coefficient (Wildman–Crippen LogP) is 5.19. The van der Waals surface area contributed by atoms with Crippen LogP contribution in [0.25, 0.3) is 22.0 Å². The van der Waals surface area contributed by atoms with Gasteiger partial charge in [-0.1, -0.05) is 23.2 Å². The van der Waals surface area contributed by atoms with E-state index < -0.39 is 11.0 Å². The average Bonchev–Trinajstić information content (AvgIpc) is 3.37. The van der Waals surface area contributed by atoms with E-state index in [9.17, 15) is 10.1 Å². The SMILES string of the molecule is [CH2]C(Nc1ccc([N+](=O)[O-])cn1)c1ncc(-c2ncc[nH]2)c(-c2sc(Cl)cc2Cl)n1. The van der Waals surface area contributed by atoms with Crippen LogP contribution < -0.4 is 5.32 Å². The van der Waals surface area contributed by atoms with Crippen LogP contribution in [0.5, 0.6) is 0 Å². The number of H-pyrrole nitrogens is 1. The number of halogens is 2. The van der Waals surface area contributed by atoms with Gasteiger partial charge in [0.2, 0.25) is 0 Å². The molecule has 0 aromatic carbocycles. The van der Waals surface area contributed by atoms with Gasteiger partial charge in [0.25, 0.3) is 5.69 Å². The zero-order valence-electron chi connectivity index (χ0n) is 15.0. The van der Waals surface area contributed by atoms with Crippen LogP contribution in [-0.2, 0) is 0 Å². The molecule has 2 N–H and O–H groups in total. The number of nitrogens with one attached hydrogen (secondary N) is 2. The number of anilines is 1. The Bertz CT molecular complexity index is 1200. The van der Waals surface area contributed by atoms with Gasteiger partial charge >= 0.3 is 0 Å². The van der Waals surface area contributed by atoms with E-state index in [1.165, 1.54) is 23.5 Å². The molecule has 0 amide bonds. The number of thiophene rings is 1. The number of hydrogen-bond donors (Lipinski definition) is 2. The van der Waals surface area contributed by atoms with E-state index in [4.69, 9.17) is 23.2 Å². The first-order valence-corrected chi connectivity index (χ1v) is 10.0. The standard InChI is InChI=1S/C18H12Cl2N7O2S/c1-9(25-14-3-2-10(7-23-14)27(28)29)17-24-8-11(18-21-4-5-22-18)15(26-17)16-12(19)6-13(20)30-16/h2-9H,1H2,(H,21,22)(H,23,25). The van der Waals surface area contributed by atoms with Crippen molar-refractivity contribution in [1.82, 2.24) is 24.9 Å². The summed E-state index contributed by atoms with van der Waals surface area (Å²) in [5, 5.41) is 14.3. The summed E-state index contributed by atoms with van der Waals surface area (Å²) in [6.07, 6.45) is 6.11. The van der Waals surface area contributed by atoms with Gasteiger partial charge in [-0.15, -0.1) is 11.3 Å². The Morgan fingerprint density at radius 1 is 1.23 bits per heavy atom. The molecule has 30 heavy (non-hydrogen) atoms. The topological polar surface area (TPSA) is 123 Å². The van der Waals surface area contributed by atoms with Gasteiger partial charge in [0.1, 0.15) is 17.8 Å². The maximum Gasteiger partial charge on any atom is 0.287 e. The van der Waals surface area contributed by atoms with Crippen molar-refractivity contribution < 1.29 is 4.92 Å². The highest BCUT2D eigenvalue weighted by Gasteiger charge is 2.20. The molecule has 4 aromatic rings. The first-order chi connectivity index (χ1) is 14.4. The number of aromatic amines is 1. The number of rotatable bonds is 6. The summed E-state index contributed by atoms with van der Waals surface area (Å²) in [4.78, 5) is 31.3. The van der Waals surface area contributed by atoms with E-state index in [2.05, 4.69) is 37.2 Å². The molecule has 0 spiro atoms. The maximum atomic E-state index is 10.8. The van der Waals surface area contributed by atoms with E-state index in [0.717, 1.165) is 6.20 Å². The van der Waals surface area contributed by atoms with E-state index in [1.807, 2.05) is 0 Å². The van der Waals surface area contributed by atoms with Crippen molar-refractivity contribution in [2.75, 3.05) is 5.32 Å². The van der Waals surface area contributed by atoms with Crippen molar-refractivity contribution in [2.45, 2.75) is 6.04 Å². The monoisotopic (exact) mass is 460 g/mol. The third-order valence-corrected chi connectivity index (χ3v) is 5.71. The van der Waals surface area contributed by atoms with Crippen LogP contribution in [0.4, 0.5) is 11.5 Å². The smallest absolute Gasteiger partial charge is 0.287 e. The molecule has 0 aliphatic heterocycles. The Balaban J connectivity index is 1.69. The highest BCUT2D eigenvalue weighted by Crippen LogP contribution is 2.41. The van der Waals surface area contributed by atoms with Crippen LogP contribution in [0.1, 0.15) is 11.9 Å². The van der Waals surface area contributed by atoms with E-state index in [-0.39, 0.29) is 5.69 Å². The lowest BCUT2D eigenvalue weighted by Gasteiger charge is -2.15. The molecule has 0 aliphatic rings. The molecule has 151 valence electrons. The number of nitro groups is 1. The Morgan fingerprint density at radius 3 is 2.67 bits per heavy atom. The van der Waals surface area contributed by atoms with Crippen molar-refractivity contribution in [1.29, 1.82) is 0 Å². The number of pyridine rings is 1. The van der Waals surface area contributed by atoms with Crippen molar-refractivity contribution in [3.63, 3.8) is 0 Å².